The van der Waals surface area contributed by atoms with Gasteiger partial charge in [-0.2, -0.15) is 0 Å². The van der Waals surface area contributed by atoms with E-state index in [2.05, 4.69) is 45.1 Å². The predicted molar refractivity (Wildman–Crippen MR) is 344 cm³/mol. The van der Waals surface area contributed by atoms with E-state index < -0.39 is 6.10 Å². The van der Waals surface area contributed by atoms with Crippen LogP contribution in [0.4, 0.5) is 0 Å². The molecule has 0 aliphatic rings. The first-order chi connectivity index (χ1) is 39.0. The van der Waals surface area contributed by atoms with E-state index >= 15 is 0 Å². The molecule has 6 heteroatoms. The third kappa shape index (κ3) is 66.6. The summed E-state index contributed by atoms with van der Waals surface area (Å²) in [6.07, 6.45) is 83.4. The zero-order valence-electron chi connectivity index (χ0n) is 53.7. The molecule has 1 atom stereocenters. The summed E-state index contributed by atoms with van der Waals surface area (Å²) >= 11 is 0. The fourth-order valence-corrected chi connectivity index (χ4v) is 11.0. The lowest BCUT2D eigenvalue weighted by Crippen LogP contribution is -2.30. The van der Waals surface area contributed by atoms with Crippen LogP contribution in [0.25, 0.3) is 0 Å². The minimum atomic E-state index is -0.772. The Kier molecular flexibility index (Phi) is 66.6. The first-order valence-corrected chi connectivity index (χ1v) is 35.8. The molecule has 0 heterocycles. The monoisotopic (exact) mass is 1110 g/mol. The van der Waals surface area contributed by atoms with Gasteiger partial charge in [-0.15, -0.1) is 0 Å². The Labute approximate surface area is 493 Å². The predicted octanol–water partition coefficient (Wildman–Crippen LogP) is 24.6. The summed E-state index contributed by atoms with van der Waals surface area (Å²) in [5, 5.41) is 0. The average Bonchev–Trinajstić information content (AvgIpc) is 3.45. The van der Waals surface area contributed by atoms with Crippen LogP contribution in [0.15, 0.2) is 24.3 Å². The Hall–Kier alpha value is -2.11. The molecule has 0 saturated heterocycles. The molecule has 0 rings (SSSR count). The lowest BCUT2D eigenvalue weighted by Gasteiger charge is -2.18. The number of unbranched alkanes of at least 4 members (excludes halogenated alkanes) is 52. The van der Waals surface area contributed by atoms with Gasteiger partial charge in [0.15, 0.2) is 6.10 Å². The van der Waals surface area contributed by atoms with Crippen molar-refractivity contribution in [3.63, 3.8) is 0 Å². The van der Waals surface area contributed by atoms with Crippen molar-refractivity contribution in [3.8, 4) is 0 Å². The highest BCUT2D eigenvalue weighted by molar-refractivity contribution is 5.71. The van der Waals surface area contributed by atoms with E-state index in [1.165, 1.54) is 308 Å². The highest BCUT2D eigenvalue weighted by Crippen LogP contribution is 2.19. The minimum Gasteiger partial charge on any atom is -0.462 e. The highest BCUT2D eigenvalue weighted by Gasteiger charge is 2.19. The molecule has 0 spiro atoms. The zero-order chi connectivity index (χ0) is 57.1. The first-order valence-electron chi connectivity index (χ1n) is 35.8. The smallest absolute Gasteiger partial charge is 0.306 e. The molecule has 0 aromatic carbocycles. The number of allylic oxidation sites excluding steroid dienone is 4. The van der Waals surface area contributed by atoms with E-state index in [1.807, 2.05) is 0 Å². The molecule has 0 aliphatic carbocycles. The number of ether oxygens (including phenoxy) is 3. The van der Waals surface area contributed by atoms with Gasteiger partial charge in [0.1, 0.15) is 13.2 Å². The molecule has 6 nitrogen and oxygen atoms in total. The van der Waals surface area contributed by atoms with Crippen LogP contribution in [0.3, 0.4) is 0 Å². The maximum atomic E-state index is 13.0. The van der Waals surface area contributed by atoms with Crippen LogP contribution in [0.1, 0.15) is 406 Å². The number of rotatable bonds is 67. The van der Waals surface area contributed by atoms with E-state index in [0.29, 0.717) is 19.3 Å². The second-order valence-electron chi connectivity index (χ2n) is 24.5. The third-order valence-corrected chi connectivity index (χ3v) is 16.4. The largest absolute Gasteiger partial charge is 0.462 e. The van der Waals surface area contributed by atoms with Crippen LogP contribution in [0, 0.1) is 0 Å². The minimum absolute atomic E-state index is 0.0668. The fourth-order valence-electron chi connectivity index (χ4n) is 11.0. The Morgan fingerprint density at radius 3 is 0.633 bits per heavy atom. The Bertz CT molecular complexity index is 1270. The van der Waals surface area contributed by atoms with Crippen LogP contribution in [-0.2, 0) is 28.6 Å². The van der Waals surface area contributed by atoms with Gasteiger partial charge in [-0.3, -0.25) is 14.4 Å². The summed E-state index contributed by atoms with van der Waals surface area (Å²) in [5.74, 6) is -0.837. The zero-order valence-corrected chi connectivity index (χ0v) is 53.7. The Balaban J connectivity index is 4.31. The SMILES string of the molecule is CCCCCCCCCC/C=C\CCCCCCCCCCCC(=O)OCC(COC(=O)CCCCCCCCCCCCCCCCCCCCC)OC(=O)CCCCCCCCCCC/C=C\CCCCCCCCCC. The quantitative estimate of drug-likeness (QED) is 0.0261. The van der Waals surface area contributed by atoms with Crippen LogP contribution < -0.4 is 0 Å². The van der Waals surface area contributed by atoms with Gasteiger partial charge in [0.05, 0.1) is 0 Å². The van der Waals surface area contributed by atoms with E-state index in [1.54, 1.807) is 0 Å². The lowest BCUT2D eigenvalue weighted by molar-refractivity contribution is -0.167. The van der Waals surface area contributed by atoms with Crippen molar-refractivity contribution in [2.24, 2.45) is 0 Å². The van der Waals surface area contributed by atoms with E-state index in [0.717, 1.165) is 57.8 Å². The van der Waals surface area contributed by atoms with E-state index in [9.17, 15) is 14.4 Å². The normalized spacial score (nSPS) is 12.1. The maximum Gasteiger partial charge on any atom is 0.306 e. The lowest BCUT2D eigenvalue weighted by atomic mass is 10.0. The summed E-state index contributed by atoms with van der Waals surface area (Å²) in [4.78, 5) is 38.5. The second-order valence-corrected chi connectivity index (χ2v) is 24.5. The van der Waals surface area contributed by atoms with Gasteiger partial charge < -0.3 is 14.2 Å². The molecule has 0 saturated carbocycles. The van der Waals surface area contributed by atoms with Gasteiger partial charge in [0.25, 0.3) is 0 Å². The molecule has 0 aromatic heterocycles. The summed E-state index contributed by atoms with van der Waals surface area (Å²) in [6.45, 7) is 6.73. The summed E-state index contributed by atoms with van der Waals surface area (Å²) in [6, 6.07) is 0. The molecule has 0 bridgehead atoms. The van der Waals surface area contributed by atoms with Crippen molar-refractivity contribution in [2.45, 2.75) is 412 Å². The Morgan fingerprint density at radius 2 is 0.418 bits per heavy atom. The molecule has 0 aliphatic heterocycles. The van der Waals surface area contributed by atoms with E-state index in [4.69, 9.17) is 14.2 Å². The average molecular weight is 1110 g/mol. The molecule has 0 fully saturated rings. The van der Waals surface area contributed by atoms with Crippen LogP contribution in [-0.4, -0.2) is 37.2 Å². The van der Waals surface area contributed by atoms with Gasteiger partial charge in [-0.25, -0.2) is 0 Å². The fraction of sp³-hybridized carbons (Fsp3) is 0.904. The molecule has 79 heavy (non-hydrogen) atoms. The summed E-state index contributed by atoms with van der Waals surface area (Å²) < 4.78 is 17.0. The van der Waals surface area contributed by atoms with Crippen molar-refractivity contribution in [3.05, 3.63) is 24.3 Å². The molecular weight excluding hydrogens is 973 g/mol. The molecular formula is C73H138O6. The topological polar surface area (TPSA) is 78.9 Å². The standard InChI is InChI=1S/C73H138O6/c1-4-7-10-13-16-19-22-25-28-31-34-36-39-42-45-48-51-54-57-60-63-66-72(75)78-69-70(68-77-71(74)65-62-59-56-53-50-47-44-41-38-33-30-27-24-21-18-15-12-9-6-3)79-73(76)67-64-61-58-55-52-49-46-43-40-37-35-32-29-26-23-20-17-14-11-8-5-2/h31-32,34-35,70H,4-30,33,36-69H2,1-3H3/b34-31-,35-32-. The van der Waals surface area contributed by atoms with Crippen LogP contribution in [0.5, 0.6) is 0 Å². The van der Waals surface area contributed by atoms with Crippen molar-refractivity contribution in [1.29, 1.82) is 0 Å². The van der Waals surface area contributed by atoms with E-state index in [-0.39, 0.29) is 31.1 Å². The number of carbonyl (C=O) groups excluding carboxylic acids is 3. The summed E-state index contributed by atoms with van der Waals surface area (Å²) in [5.41, 5.74) is 0. The number of carbonyl (C=O) groups is 3. The van der Waals surface area contributed by atoms with Crippen molar-refractivity contribution in [2.75, 3.05) is 13.2 Å². The molecule has 0 aromatic rings. The number of hydrogen-bond donors (Lipinski definition) is 0. The number of esters is 3. The molecule has 466 valence electrons. The van der Waals surface area contributed by atoms with Crippen LogP contribution >= 0.6 is 0 Å². The molecule has 0 amide bonds. The van der Waals surface area contributed by atoms with Gasteiger partial charge >= 0.3 is 17.9 Å². The van der Waals surface area contributed by atoms with Gasteiger partial charge in [-0.05, 0) is 70.6 Å². The highest BCUT2D eigenvalue weighted by atomic mass is 16.6. The molecule has 0 N–H and O–H groups in total. The maximum absolute atomic E-state index is 13.0. The second kappa shape index (κ2) is 68.4. The number of hydrogen-bond acceptors (Lipinski definition) is 6. The van der Waals surface area contributed by atoms with Crippen LogP contribution in [0.2, 0.25) is 0 Å². The van der Waals surface area contributed by atoms with Crippen molar-refractivity contribution < 1.29 is 28.6 Å². The molecule has 0 radical (unpaired) electrons. The van der Waals surface area contributed by atoms with Crippen molar-refractivity contribution >= 4 is 17.9 Å². The Morgan fingerprint density at radius 1 is 0.241 bits per heavy atom. The van der Waals surface area contributed by atoms with Gasteiger partial charge in [-0.1, -0.05) is 340 Å². The van der Waals surface area contributed by atoms with Gasteiger partial charge in [0.2, 0.25) is 0 Å². The third-order valence-electron chi connectivity index (χ3n) is 16.4. The molecule has 1 unspecified atom stereocenters. The van der Waals surface area contributed by atoms with Gasteiger partial charge in [0, 0.05) is 19.3 Å². The van der Waals surface area contributed by atoms with Crippen molar-refractivity contribution in [1.82, 2.24) is 0 Å². The first kappa shape index (κ1) is 76.9. The summed E-state index contributed by atoms with van der Waals surface area (Å²) in [7, 11) is 0.